The van der Waals surface area contributed by atoms with E-state index in [1.54, 1.807) is 12.3 Å². The quantitative estimate of drug-likeness (QED) is 0.746. The molecule has 0 aromatic carbocycles. The number of anilines is 1. The predicted octanol–water partition coefficient (Wildman–Crippen LogP) is 3.28. The molecule has 0 radical (unpaired) electrons. The zero-order chi connectivity index (χ0) is 14.5. The van der Waals surface area contributed by atoms with Crippen LogP contribution in [0, 0.1) is 0 Å². The lowest BCUT2D eigenvalue weighted by atomic mass is 10.4. The van der Waals surface area contributed by atoms with E-state index in [4.69, 9.17) is 4.42 Å². The fraction of sp³-hybridized carbons (Fsp3) is 0.273. The molecule has 0 aliphatic rings. The summed E-state index contributed by atoms with van der Waals surface area (Å²) in [6.45, 7) is 1.92. The van der Waals surface area contributed by atoms with Crippen LogP contribution in [0.5, 0.6) is 0 Å². The first-order valence-corrected chi connectivity index (χ1v) is 8.21. The van der Waals surface area contributed by atoms with E-state index in [0.717, 1.165) is 4.47 Å². The van der Waals surface area contributed by atoms with Crippen LogP contribution in [0.2, 0.25) is 0 Å². The lowest BCUT2D eigenvalue weighted by Gasteiger charge is -2.05. The normalized spacial score (nSPS) is 10.6. The van der Waals surface area contributed by atoms with Gasteiger partial charge in [-0.1, -0.05) is 18.7 Å². The highest BCUT2D eigenvalue weighted by molar-refractivity contribution is 9.11. The molecule has 0 saturated heterocycles. The number of aryl methyl sites for hydroxylation is 1. The van der Waals surface area contributed by atoms with Gasteiger partial charge in [0.2, 0.25) is 11.8 Å². The molecule has 0 saturated carbocycles. The smallest absolute Gasteiger partial charge is 0.277 e. The van der Waals surface area contributed by atoms with Gasteiger partial charge in [0, 0.05) is 17.1 Å². The standard InChI is InChI=1S/C11H10Br2N4O2S/c1-2-9-16-17-11(19-9)20-5-8(18)15-10-7(13)3-6(12)4-14-10/h3-4H,2,5H2,1H3,(H,14,15,18). The lowest BCUT2D eigenvalue weighted by molar-refractivity contribution is -0.113. The number of aromatic nitrogens is 3. The third-order valence-corrected chi connectivity index (χ3v) is 4.00. The molecule has 0 fully saturated rings. The highest BCUT2D eigenvalue weighted by Gasteiger charge is 2.11. The average molecular weight is 422 g/mol. The highest BCUT2D eigenvalue weighted by atomic mass is 79.9. The third kappa shape index (κ3) is 4.29. The summed E-state index contributed by atoms with van der Waals surface area (Å²) in [4.78, 5) is 15.9. The van der Waals surface area contributed by atoms with Crippen LogP contribution in [-0.2, 0) is 11.2 Å². The number of halogens is 2. The molecule has 106 valence electrons. The van der Waals surface area contributed by atoms with Gasteiger partial charge in [0.25, 0.3) is 5.22 Å². The number of hydrogen-bond donors (Lipinski definition) is 1. The molecule has 2 heterocycles. The van der Waals surface area contributed by atoms with Crippen molar-refractivity contribution in [1.29, 1.82) is 0 Å². The predicted molar refractivity (Wildman–Crippen MR) is 82.7 cm³/mol. The van der Waals surface area contributed by atoms with Crippen molar-refractivity contribution in [2.24, 2.45) is 0 Å². The number of carbonyl (C=O) groups is 1. The van der Waals surface area contributed by atoms with Crippen LogP contribution in [0.4, 0.5) is 5.82 Å². The summed E-state index contributed by atoms with van der Waals surface area (Å²) in [6, 6.07) is 1.81. The Morgan fingerprint density at radius 3 is 2.90 bits per heavy atom. The molecule has 2 aromatic heterocycles. The molecule has 0 bridgehead atoms. The van der Waals surface area contributed by atoms with Crippen molar-refractivity contribution in [1.82, 2.24) is 15.2 Å². The summed E-state index contributed by atoms with van der Waals surface area (Å²) in [5.74, 6) is 1.01. The molecule has 2 rings (SSSR count). The molecule has 0 aliphatic carbocycles. The number of thioether (sulfide) groups is 1. The maximum atomic E-state index is 11.8. The van der Waals surface area contributed by atoms with Gasteiger partial charge in [-0.15, -0.1) is 10.2 Å². The maximum Gasteiger partial charge on any atom is 0.277 e. The lowest BCUT2D eigenvalue weighted by Crippen LogP contribution is -2.15. The van der Waals surface area contributed by atoms with E-state index in [9.17, 15) is 4.79 Å². The first-order valence-electron chi connectivity index (χ1n) is 5.64. The number of nitrogens with zero attached hydrogens (tertiary/aromatic N) is 3. The summed E-state index contributed by atoms with van der Waals surface area (Å²) in [5.41, 5.74) is 0. The molecule has 0 unspecified atom stereocenters. The van der Waals surface area contributed by atoms with E-state index in [1.165, 1.54) is 11.8 Å². The third-order valence-electron chi connectivity index (χ3n) is 2.14. The molecule has 9 heteroatoms. The van der Waals surface area contributed by atoms with Crippen LogP contribution in [0.15, 0.2) is 30.8 Å². The fourth-order valence-electron chi connectivity index (χ4n) is 1.24. The van der Waals surface area contributed by atoms with Gasteiger partial charge in [-0.3, -0.25) is 4.79 Å². The van der Waals surface area contributed by atoms with Crippen LogP contribution in [-0.4, -0.2) is 26.8 Å². The molecule has 0 aliphatic heterocycles. The number of nitrogens with one attached hydrogen (secondary N) is 1. The summed E-state index contributed by atoms with van der Waals surface area (Å²) < 4.78 is 6.84. The Morgan fingerprint density at radius 2 is 2.25 bits per heavy atom. The Balaban J connectivity index is 1.89. The second-order valence-corrected chi connectivity index (χ2v) is 6.33. The Hall–Kier alpha value is -0.930. The van der Waals surface area contributed by atoms with Crippen molar-refractivity contribution in [3.63, 3.8) is 0 Å². The molecule has 0 atom stereocenters. The monoisotopic (exact) mass is 420 g/mol. The minimum absolute atomic E-state index is 0.176. The van der Waals surface area contributed by atoms with E-state index in [1.807, 2.05) is 6.92 Å². The van der Waals surface area contributed by atoms with Crippen molar-refractivity contribution in [3.8, 4) is 0 Å². The molecule has 2 aromatic rings. The van der Waals surface area contributed by atoms with Gasteiger partial charge in [0.15, 0.2) is 0 Å². The fourth-order valence-corrected chi connectivity index (χ4v) is 2.91. The van der Waals surface area contributed by atoms with Crippen molar-refractivity contribution < 1.29 is 9.21 Å². The van der Waals surface area contributed by atoms with Crippen LogP contribution in [0.3, 0.4) is 0 Å². The van der Waals surface area contributed by atoms with E-state index in [2.05, 4.69) is 52.4 Å². The molecule has 6 nitrogen and oxygen atoms in total. The second-order valence-electron chi connectivity index (χ2n) is 3.64. The zero-order valence-electron chi connectivity index (χ0n) is 10.4. The van der Waals surface area contributed by atoms with Gasteiger partial charge in [0.05, 0.1) is 10.2 Å². The van der Waals surface area contributed by atoms with Crippen LogP contribution >= 0.6 is 43.6 Å². The van der Waals surface area contributed by atoms with Gasteiger partial charge in [-0.2, -0.15) is 0 Å². The topological polar surface area (TPSA) is 80.9 Å². The van der Waals surface area contributed by atoms with E-state index in [-0.39, 0.29) is 11.7 Å². The average Bonchev–Trinajstić information content (AvgIpc) is 2.88. The second kappa shape index (κ2) is 7.19. The summed E-state index contributed by atoms with van der Waals surface area (Å²) in [5, 5.41) is 10.7. The molecule has 1 N–H and O–H groups in total. The number of hydrogen-bond acceptors (Lipinski definition) is 6. The van der Waals surface area contributed by atoms with Crippen LogP contribution in [0.25, 0.3) is 0 Å². The summed E-state index contributed by atoms with van der Waals surface area (Å²) in [7, 11) is 0. The van der Waals surface area contributed by atoms with Crippen molar-refractivity contribution >= 4 is 55.3 Å². The minimum atomic E-state index is -0.193. The van der Waals surface area contributed by atoms with E-state index in [0.29, 0.717) is 27.8 Å². The number of rotatable bonds is 5. The van der Waals surface area contributed by atoms with Crippen LogP contribution in [0.1, 0.15) is 12.8 Å². The Bertz CT molecular complexity index is 620. The summed E-state index contributed by atoms with van der Waals surface area (Å²) in [6.07, 6.45) is 2.29. The van der Waals surface area contributed by atoms with Crippen molar-refractivity contribution in [2.45, 2.75) is 18.6 Å². The Labute approximate surface area is 136 Å². The molecule has 0 spiro atoms. The van der Waals surface area contributed by atoms with Crippen LogP contribution < -0.4 is 5.32 Å². The van der Waals surface area contributed by atoms with Gasteiger partial charge in [-0.25, -0.2) is 4.98 Å². The minimum Gasteiger partial charge on any atom is -0.416 e. The largest absolute Gasteiger partial charge is 0.416 e. The van der Waals surface area contributed by atoms with E-state index < -0.39 is 0 Å². The maximum absolute atomic E-state index is 11.8. The number of amides is 1. The van der Waals surface area contributed by atoms with Gasteiger partial charge in [-0.05, 0) is 37.9 Å². The number of carbonyl (C=O) groups excluding carboxylic acids is 1. The first-order chi connectivity index (χ1) is 9.58. The van der Waals surface area contributed by atoms with Crippen molar-refractivity contribution in [2.75, 3.05) is 11.1 Å². The highest BCUT2D eigenvalue weighted by Crippen LogP contribution is 2.24. The molecular formula is C11H10Br2N4O2S. The molecule has 1 amide bonds. The first kappa shape index (κ1) is 15.5. The Morgan fingerprint density at radius 1 is 1.45 bits per heavy atom. The zero-order valence-corrected chi connectivity index (χ0v) is 14.4. The summed E-state index contributed by atoms with van der Waals surface area (Å²) >= 11 is 7.81. The van der Waals surface area contributed by atoms with Gasteiger partial charge < -0.3 is 9.73 Å². The van der Waals surface area contributed by atoms with Gasteiger partial charge >= 0.3 is 0 Å². The van der Waals surface area contributed by atoms with Gasteiger partial charge in [0.1, 0.15) is 5.82 Å². The molecular weight excluding hydrogens is 412 g/mol. The SMILES string of the molecule is CCc1nnc(SCC(=O)Nc2ncc(Br)cc2Br)o1. The Kier molecular flexibility index (Phi) is 5.55. The van der Waals surface area contributed by atoms with Crippen molar-refractivity contribution in [3.05, 3.63) is 27.1 Å². The number of pyridine rings is 1. The molecule has 20 heavy (non-hydrogen) atoms. The van der Waals surface area contributed by atoms with E-state index >= 15 is 0 Å².